The molecule has 1 aliphatic carbocycles. The van der Waals surface area contributed by atoms with Crippen molar-refractivity contribution in [2.24, 2.45) is 5.92 Å². The molecular formula is C14H21NO3S. The van der Waals surface area contributed by atoms with Gasteiger partial charge in [0, 0.05) is 6.04 Å². The molecule has 1 saturated carbocycles. The molecule has 0 radical (unpaired) electrons. The monoisotopic (exact) mass is 283 g/mol. The van der Waals surface area contributed by atoms with Gasteiger partial charge >= 0.3 is 0 Å². The summed E-state index contributed by atoms with van der Waals surface area (Å²) in [4.78, 5) is 0.211. The molecule has 1 fully saturated rings. The van der Waals surface area contributed by atoms with Gasteiger partial charge in [-0.05, 0) is 49.4 Å². The fraction of sp³-hybridized carbons (Fsp3) is 0.571. The number of rotatable bonds is 3. The Morgan fingerprint density at radius 1 is 1.11 bits per heavy atom. The quantitative estimate of drug-likeness (QED) is 0.838. The largest absolute Gasteiger partial charge is 0.508 e. The molecule has 0 heterocycles. The third-order valence-corrected chi connectivity index (χ3v) is 5.26. The van der Waals surface area contributed by atoms with Crippen LogP contribution in [0.5, 0.6) is 5.75 Å². The Kier molecular flexibility index (Phi) is 4.47. The zero-order chi connectivity index (χ0) is 13.9. The van der Waals surface area contributed by atoms with Crippen LogP contribution in [0.2, 0.25) is 0 Å². The number of hydrogen-bond acceptors (Lipinski definition) is 3. The highest BCUT2D eigenvalue weighted by Gasteiger charge is 2.22. The van der Waals surface area contributed by atoms with Crippen LogP contribution in [0.25, 0.3) is 0 Å². The number of sulfonamides is 1. The summed E-state index contributed by atoms with van der Waals surface area (Å²) < 4.78 is 27.2. The molecule has 2 atom stereocenters. The first-order valence-electron chi connectivity index (χ1n) is 6.79. The lowest BCUT2D eigenvalue weighted by atomic mass is 10.0. The Morgan fingerprint density at radius 3 is 2.47 bits per heavy atom. The van der Waals surface area contributed by atoms with Gasteiger partial charge in [0.2, 0.25) is 10.0 Å². The van der Waals surface area contributed by atoms with Gasteiger partial charge in [-0.2, -0.15) is 0 Å². The molecule has 2 unspecified atom stereocenters. The topological polar surface area (TPSA) is 66.4 Å². The van der Waals surface area contributed by atoms with Crippen LogP contribution in [0.15, 0.2) is 29.2 Å². The number of aromatic hydroxyl groups is 1. The predicted octanol–water partition coefficient (Wildman–Crippen LogP) is 2.64. The molecule has 1 aromatic carbocycles. The molecule has 19 heavy (non-hydrogen) atoms. The van der Waals surface area contributed by atoms with E-state index >= 15 is 0 Å². The van der Waals surface area contributed by atoms with Crippen LogP contribution < -0.4 is 4.72 Å². The molecule has 0 spiro atoms. The lowest BCUT2D eigenvalue weighted by Crippen LogP contribution is -2.34. The van der Waals surface area contributed by atoms with Crippen molar-refractivity contribution in [3.8, 4) is 5.75 Å². The van der Waals surface area contributed by atoms with Crippen LogP contribution in [0, 0.1) is 5.92 Å². The average Bonchev–Trinajstić information content (AvgIpc) is 2.54. The smallest absolute Gasteiger partial charge is 0.240 e. The van der Waals surface area contributed by atoms with Gasteiger partial charge in [0.25, 0.3) is 0 Å². The van der Waals surface area contributed by atoms with E-state index in [1.807, 2.05) is 0 Å². The van der Waals surface area contributed by atoms with E-state index in [4.69, 9.17) is 0 Å². The molecule has 5 heteroatoms. The highest BCUT2D eigenvalue weighted by Crippen LogP contribution is 2.24. The summed E-state index contributed by atoms with van der Waals surface area (Å²) in [6.07, 6.45) is 5.13. The van der Waals surface area contributed by atoms with Crippen molar-refractivity contribution >= 4 is 10.0 Å². The Morgan fingerprint density at radius 2 is 1.79 bits per heavy atom. The van der Waals surface area contributed by atoms with E-state index in [0.29, 0.717) is 5.92 Å². The molecule has 0 saturated heterocycles. The van der Waals surface area contributed by atoms with Crippen molar-refractivity contribution in [3.05, 3.63) is 24.3 Å². The van der Waals surface area contributed by atoms with Crippen molar-refractivity contribution in [1.82, 2.24) is 4.72 Å². The zero-order valence-electron chi connectivity index (χ0n) is 11.2. The van der Waals surface area contributed by atoms with Gasteiger partial charge in [0.15, 0.2) is 0 Å². The maximum Gasteiger partial charge on any atom is 0.240 e. The summed E-state index contributed by atoms with van der Waals surface area (Å²) >= 11 is 0. The van der Waals surface area contributed by atoms with E-state index < -0.39 is 10.0 Å². The van der Waals surface area contributed by atoms with Gasteiger partial charge in [-0.3, -0.25) is 0 Å². The molecule has 2 N–H and O–H groups in total. The van der Waals surface area contributed by atoms with Crippen LogP contribution in [-0.2, 0) is 10.0 Å². The van der Waals surface area contributed by atoms with Gasteiger partial charge in [-0.15, -0.1) is 0 Å². The SMILES string of the molecule is CC1CCCC(NS(=O)(=O)c2ccc(O)cc2)CC1. The molecule has 0 bridgehead atoms. The summed E-state index contributed by atoms with van der Waals surface area (Å²) in [5.41, 5.74) is 0. The van der Waals surface area contributed by atoms with E-state index in [9.17, 15) is 13.5 Å². The minimum Gasteiger partial charge on any atom is -0.508 e. The van der Waals surface area contributed by atoms with Crippen molar-refractivity contribution in [3.63, 3.8) is 0 Å². The van der Waals surface area contributed by atoms with Gasteiger partial charge < -0.3 is 5.11 Å². The maximum atomic E-state index is 12.2. The van der Waals surface area contributed by atoms with Crippen LogP contribution in [0.1, 0.15) is 39.0 Å². The number of phenolic OH excluding ortho intramolecular Hbond substituents is 1. The highest BCUT2D eigenvalue weighted by atomic mass is 32.2. The van der Waals surface area contributed by atoms with Crippen LogP contribution in [0.3, 0.4) is 0 Å². The lowest BCUT2D eigenvalue weighted by Gasteiger charge is -2.16. The molecule has 106 valence electrons. The Bertz CT molecular complexity index is 510. The Hall–Kier alpha value is -1.07. The minimum absolute atomic E-state index is 0.0313. The predicted molar refractivity (Wildman–Crippen MR) is 74.5 cm³/mol. The summed E-state index contributed by atoms with van der Waals surface area (Å²) in [6, 6.07) is 5.67. The van der Waals surface area contributed by atoms with Gasteiger partial charge in [0.05, 0.1) is 4.90 Å². The van der Waals surface area contributed by atoms with Crippen LogP contribution >= 0.6 is 0 Å². The van der Waals surface area contributed by atoms with Crippen LogP contribution in [-0.4, -0.2) is 19.6 Å². The Labute approximate surface area is 114 Å². The number of hydrogen-bond donors (Lipinski definition) is 2. The first kappa shape index (κ1) is 14.3. The molecule has 1 aromatic rings. The first-order chi connectivity index (χ1) is 8.97. The van der Waals surface area contributed by atoms with E-state index in [0.717, 1.165) is 25.7 Å². The summed E-state index contributed by atoms with van der Waals surface area (Å²) in [5, 5.41) is 9.19. The van der Waals surface area contributed by atoms with Crippen molar-refractivity contribution in [1.29, 1.82) is 0 Å². The third kappa shape index (κ3) is 3.94. The van der Waals surface area contributed by atoms with E-state index in [1.165, 1.54) is 30.7 Å². The van der Waals surface area contributed by atoms with Crippen molar-refractivity contribution in [2.45, 2.75) is 50.0 Å². The second kappa shape index (κ2) is 5.92. The highest BCUT2D eigenvalue weighted by molar-refractivity contribution is 7.89. The van der Waals surface area contributed by atoms with Crippen LogP contribution in [0.4, 0.5) is 0 Å². The number of phenols is 1. The van der Waals surface area contributed by atoms with Gasteiger partial charge in [0.1, 0.15) is 5.75 Å². The first-order valence-corrected chi connectivity index (χ1v) is 8.27. The average molecular weight is 283 g/mol. The molecule has 0 aromatic heterocycles. The third-order valence-electron chi connectivity index (χ3n) is 3.73. The minimum atomic E-state index is -3.47. The van der Waals surface area contributed by atoms with E-state index in [-0.39, 0.29) is 16.7 Å². The standard InChI is InChI=1S/C14H21NO3S/c1-11-3-2-4-12(6-5-11)15-19(17,18)14-9-7-13(16)8-10-14/h7-12,15-16H,2-6H2,1H3. The molecule has 2 rings (SSSR count). The molecule has 1 aliphatic rings. The summed E-state index contributed by atoms with van der Waals surface area (Å²) in [7, 11) is -3.47. The number of benzene rings is 1. The van der Waals surface area contributed by atoms with Gasteiger partial charge in [-0.1, -0.05) is 19.8 Å². The normalized spacial score (nSPS) is 24.9. The second-order valence-electron chi connectivity index (χ2n) is 5.43. The number of nitrogens with one attached hydrogen (secondary N) is 1. The van der Waals surface area contributed by atoms with Gasteiger partial charge in [-0.25, -0.2) is 13.1 Å². The molecule has 0 aliphatic heterocycles. The zero-order valence-corrected chi connectivity index (χ0v) is 12.0. The van der Waals surface area contributed by atoms with Crippen molar-refractivity contribution < 1.29 is 13.5 Å². The summed E-state index contributed by atoms with van der Waals surface area (Å²) in [5.74, 6) is 0.755. The molecular weight excluding hydrogens is 262 g/mol. The van der Waals surface area contributed by atoms with Crippen molar-refractivity contribution in [2.75, 3.05) is 0 Å². The Balaban J connectivity index is 2.06. The molecule has 0 amide bonds. The summed E-state index contributed by atoms with van der Waals surface area (Å²) in [6.45, 7) is 2.22. The van der Waals surface area contributed by atoms with E-state index in [2.05, 4.69) is 11.6 Å². The lowest BCUT2D eigenvalue weighted by molar-refractivity contribution is 0.474. The maximum absolute atomic E-state index is 12.2. The molecule has 4 nitrogen and oxygen atoms in total. The fourth-order valence-corrected chi connectivity index (χ4v) is 3.82. The fourth-order valence-electron chi connectivity index (χ4n) is 2.52. The van der Waals surface area contributed by atoms with E-state index in [1.54, 1.807) is 0 Å². The second-order valence-corrected chi connectivity index (χ2v) is 7.14.